The van der Waals surface area contributed by atoms with Crippen LogP contribution in [-0.4, -0.2) is 13.7 Å². The molecule has 1 aromatic rings. The molecule has 2 unspecified atom stereocenters. The van der Waals surface area contributed by atoms with E-state index in [2.05, 4.69) is 5.09 Å². The third-order valence-corrected chi connectivity index (χ3v) is 5.71. The predicted molar refractivity (Wildman–Crippen MR) is 69.6 cm³/mol. The first-order valence-corrected chi connectivity index (χ1v) is 7.98. The molecule has 1 aliphatic rings. The Morgan fingerprint density at radius 2 is 2.25 bits per heavy atom. The van der Waals surface area contributed by atoms with Crippen LogP contribution in [0.4, 0.5) is 0 Å². The van der Waals surface area contributed by atoms with E-state index >= 15 is 0 Å². The smallest absolute Gasteiger partial charge is 0.261 e. The molecule has 0 saturated carbocycles. The summed E-state index contributed by atoms with van der Waals surface area (Å²) in [4.78, 5) is 0. The first kappa shape index (κ1) is 12.8. The van der Waals surface area contributed by atoms with Gasteiger partial charge in [-0.1, -0.05) is 29.3 Å². The molecule has 1 aliphatic heterocycles. The maximum Gasteiger partial charge on any atom is 0.261 e. The molecule has 2 atom stereocenters. The first-order chi connectivity index (χ1) is 7.54. The van der Waals surface area contributed by atoms with Gasteiger partial charge in [-0.25, -0.2) is 5.09 Å². The van der Waals surface area contributed by atoms with Gasteiger partial charge in [0.2, 0.25) is 0 Å². The van der Waals surface area contributed by atoms with E-state index in [9.17, 15) is 0 Å². The molecule has 0 bridgehead atoms. The molecule has 0 amide bonds. The van der Waals surface area contributed by atoms with Crippen molar-refractivity contribution in [3.8, 4) is 0 Å². The Labute approximate surface area is 109 Å². The Morgan fingerprint density at radius 3 is 2.81 bits per heavy atom. The lowest BCUT2D eigenvalue weighted by Gasteiger charge is -2.14. The van der Waals surface area contributed by atoms with Crippen LogP contribution in [0.2, 0.25) is 10.0 Å². The highest BCUT2D eigenvalue weighted by molar-refractivity contribution is 8.09. The van der Waals surface area contributed by atoms with E-state index in [0.29, 0.717) is 16.6 Å². The first-order valence-electron chi connectivity index (χ1n) is 4.58. The number of hydrogen-bond acceptors (Lipinski definition) is 3. The van der Waals surface area contributed by atoms with Crippen LogP contribution in [0.25, 0.3) is 0 Å². The summed E-state index contributed by atoms with van der Waals surface area (Å²) in [6, 6.07) is 5.41. The fourth-order valence-corrected chi connectivity index (χ4v) is 3.49. The Hall–Kier alpha value is 0.330. The summed E-state index contributed by atoms with van der Waals surface area (Å²) in [6.45, 7) is -1.66. The molecule has 0 aliphatic carbocycles. The van der Waals surface area contributed by atoms with E-state index in [-0.39, 0.29) is 6.10 Å². The van der Waals surface area contributed by atoms with E-state index in [0.717, 1.165) is 5.56 Å². The minimum atomic E-state index is -2.29. The Bertz CT molecular complexity index is 457. The van der Waals surface area contributed by atoms with Gasteiger partial charge in [-0.3, -0.25) is 0 Å². The normalized spacial score (nSPS) is 29.6. The molecule has 1 saturated heterocycles. The van der Waals surface area contributed by atoms with Crippen molar-refractivity contribution >= 4 is 41.7 Å². The van der Waals surface area contributed by atoms with Crippen LogP contribution in [-0.2, 0) is 20.9 Å². The van der Waals surface area contributed by atoms with Gasteiger partial charge < -0.3 is 9.05 Å². The van der Waals surface area contributed by atoms with E-state index in [4.69, 9.17) is 44.1 Å². The third kappa shape index (κ3) is 2.59. The standard InChI is InChI=1S/C9H10Cl2NO2PS/c1-13-15(16)12-5-9(14-15)6-2-3-7(10)8(11)4-6/h2-4,9H,5H2,1H3,(H,12,16). The van der Waals surface area contributed by atoms with Gasteiger partial charge in [0, 0.05) is 13.7 Å². The van der Waals surface area contributed by atoms with Crippen LogP contribution >= 0.6 is 29.8 Å². The Kier molecular flexibility index (Phi) is 3.92. The summed E-state index contributed by atoms with van der Waals surface area (Å²) >= 11 is 17.0. The van der Waals surface area contributed by atoms with Crippen molar-refractivity contribution in [2.75, 3.05) is 13.7 Å². The second kappa shape index (κ2) is 4.91. The van der Waals surface area contributed by atoms with Gasteiger partial charge in [-0.05, 0) is 29.5 Å². The van der Waals surface area contributed by atoms with Crippen molar-refractivity contribution in [1.82, 2.24) is 5.09 Å². The molecular weight excluding hydrogens is 288 g/mol. The topological polar surface area (TPSA) is 30.5 Å². The molecular formula is C9H10Cl2NO2PS. The number of nitrogens with one attached hydrogen (secondary N) is 1. The van der Waals surface area contributed by atoms with Gasteiger partial charge in [0.1, 0.15) is 6.10 Å². The van der Waals surface area contributed by atoms with E-state index in [1.807, 2.05) is 6.07 Å². The van der Waals surface area contributed by atoms with Crippen LogP contribution in [0.15, 0.2) is 18.2 Å². The number of halogens is 2. The maximum atomic E-state index is 5.94. The molecule has 1 fully saturated rings. The summed E-state index contributed by atoms with van der Waals surface area (Å²) in [6.07, 6.45) is -0.124. The summed E-state index contributed by atoms with van der Waals surface area (Å²) in [7, 11) is 1.55. The number of hydrogen-bond donors (Lipinski definition) is 1. The third-order valence-electron chi connectivity index (χ3n) is 2.29. The highest BCUT2D eigenvalue weighted by atomic mass is 35.5. The lowest BCUT2D eigenvalue weighted by molar-refractivity contribution is 0.233. The quantitative estimate of drug-likeness (QED) is 0.846. The fourth-order valence-electron chi connectivity index (χ4n) is 1.44. The van der Waals surface area contributed by atoms with E-state index in [1.165, 1.54) is 0 Å². The monoisotopic (exact) mass is 297 g/mol. The molecule has 3 nitrogen and oxygen atoms in total. The SMILES string of the molecule is COP1(=S)NCC(c2ccc(Cl)c(Cl)c2)O1. The lowest BCUT2D eigenvalue weighted by Crippen LogP contribution is -2.06. The van der Waals surface area contributed by atoms with Gasteiger partial charge in [0.05, 0.1) is 10.0 Å². The molecule has 2 rings (SSSR count). The molecule has 88 valence electrons. The molecule has 0 radical (unpaired) electrons. The zero-order valence-electron chi connectivity index (χ0n) is 8.44. The Balaban J connectivity index is 2.21. The highest BCUT2D eigenvalue weighted by Gasteiger charge is 2.32. The average Bonchev–Trinajstić information content (AvgIpc) is 2.66. The second-order valence-corrected chi connectivity index (χ2v) is 7.45. The zero-order valence-corrected chi connectivity index (χ0v) is 11.7. The van der Waals surface area contributed by atoms with E-state index < -0.39 is 6.64 Å². The van der Waals surface area contributed by atoms with Crippen LogP contribution in [0, 0.1) is 0 Å². The van der Waals surface area contributed by atoms with Gasteiger partial charge in [-0.15, -0.1) is 0 Å². The highest BCUT2D eigenvalue weighted by Crippen LogP contribution is 2.52. The maximum absolute atomic E-state index is 5.94. The van der Waals surface area contributed by atoms with Crippen LogP contribution < -0.4 is 5.09 Å². The van der Waals surface area contributed by atoms with Gasteiger partial charge in [0.15, 0.2) is 0 Å². The van der Waals surface area contributed by atoms with Crippen molar-refractivity contribution in [2.45, 2.75) is 6.10 Å². The van der Waals surface area contributed by atoms with Gasteiger partial charge >= 0.3 is 0 Å². The molecule has 7 heteroatoms. The molecule has 1 aromatic carbocycles. The minimum absolute atomic E-state index is 0.124. The fraction of sp³-hybridized carbons (Fsp3) is 0.333. The van der Waals surface area contributed by atoms with Crippen LogP contribution in [0.5, 0.6) is 0 Å². The summed E-state index contributed by atoms with van der Waals surface area (Å²) < 4.78 is 10.8. The van der Waals surface area contributed by atoms with Crippen molar-refractivity contribution in [3.05, 3.63) is 33.8 Å². The lowest BCUT2D eigenvalue weighted by atomic mass is 10.1. The Morgan fingerprint density at radius 1 is 1.50 bits per heavy atom. The van der Waals surface area contributed by atoms with E-state index in [1.54, 1.807) is 19.2 Å². The van der Waals surface area contributed by atoms with Crippen molar-refractivity contribution in [2.24, 2.45) is 0 Å². The number of benzene rings is 1. The number of rotatable bonds is 2. The zero-order chi connectivity index (χ0) is 11.8. The molecule has 0 spiro atoms. The second-order valence-electron chi connectivity index (χ2n) is 3.31. The molecule has 16 heavy (non-hydrogen) atoms. The molecule has 1 heterocycles. The van der Waals surface area contributed by atoms with Gasteiger partial charge in [-0.2, -0.15) is 0 Å². The van der Waals surface area contributed by atoms with Crippen molar-refractivity contribution in [3.63, 3.8) is 0 Å². The average molecular weight is 298 g/mol. The minimum Gasteiger partial charge on any atom is -0.321 e. The van der Waals surface area contributed by atoms with Crippen molar-refractivity contribution in [1.29, 1.82) is 0 Å². The molecule has 0 aromatic heterocycles. The largest absolute Gasteiger partial charge is 0.321 e. The molecule has 1 N–H and O–H groups in total. The van der Waals surface area contributed by atoms with Crippen molar-refractivity contribution < 1.29 is 9.05 Å². The van der Waals surface area contributed by atoms with Crippen LogP contribution in [0.3, 0.4) is 0 Å². The predicted octanol–water partition coefficient (Wildman–Crippen LogP) is 3.53. The van der Waals surface area contributed by atoms with Crippen LogP contribution in [0.1, 0.15) is 11.7 Å². The van der Waals surface area contributed by atoms with Gasteiger partial charge in [0.25, 0.3) is 6.64 Å². The summed E-state index contributed by atoms with van der Waals surface area (Å²) in [5.74, 6) is 0. The summed E-state index contributed by atoms with van der Waals surface area (Å²) in [5, 5.41) is 4.12. The summed E-state index contributed by atoms with van der Waals surface area (Å²) in [5.41, 5.74) is 0.950.